The zero-order chi connectivity index (χ0) is 30.2. The number of Topliss-reactive ketones (excluding diaryl/α,β-unsaturated/α-hetero) is 2. The fourth-order valence-electron chi connectivity index (χ4n) is 6.79. The Balaban J connectivity index is 1.50. The summed E-state index contributed by atoms with van der Waals surface area (Å²) in [6.07, 6.45) is 3.70. The second-order valence-corrected chi connectivity index (χ2v) is 12.6. The number of nitrogens with zero attached hydrogens (tertiary/aromatic N) is 1. The number of phenols is 1. The Hall–Kier alpha value is -3.63. The molecule has 0 aromatic heterocycles. The van der Waals surface area contributed by atoms with Gasteiger partial charge in [-0.05, 0) is 106 Å². The summed E-state index contributed by atoms with van der Waals surface area (Å²) in [5, 5.41) is 10.6. The van der Waals surface area contributed by atoms with Gasteiger partial charge >= 0.3 is 0 Å². The Kier molecular flexibility index (Phi) is 6.97. The minimum atomic E-state index is -0.738. The second kappa shape index (κ2) is 10.3. The molecule has 8 nitrogen and oxygen atoms in total. The van der Waals surface area contributed by atoms with Crippen molar-refractivity contribution in [1.29, 1.82) is 0 Å². The van der Waals surface area contributed by atoms with Crippen LogP contribution < -0.4 is 9.64 Å². The van der Waals surface area contributed by atoms with Gasteiger partial charge in [0, 0.05) is 32.7 Å². The molecule has 4 unspecified atom stereocenters. The topological polar surface area (TPSA) is 118 Å². The molecule has 4 aliphatic rings. The van der Waals surface area contributed by atoms with Crippen LogP contribution in [0.2, 0.25) is 0 Å². The zero-order valence-corrected chi connectivity index (χ0v) is 26.0. The number of hydrogen-bond acceptors (Lipinski definition) is 7. The van der Waals surface area contributed by atoms with Crippen molar-refractivity contribution in [3.8, 4) is 11.5 Å². The molecule has 2 aromatic carbocycles. The summed E-state index contributed by atoms with van der Waals surface area (Å²) in [4.78, 5) is 67.7. The van der Waals surface area contributed by atoms with E-state index in [0.29, 0.717) is 42.5 Å². The molecule has 1 fully saturated rings. The number of anilines is 1. The number of amides is 2. The number of rotatable bonds is 4. The number of fused-ring (bicyclic) bond motifs is 3. The number of imide groups is 1. The predicted octanol–water partition coefficient (Wildman–Crippen LogP) is 5.76. The monoisotopic (exact) mass is 693 g/mol. The van der Waals surface area contributed by atoms with Crippen molar-refractivity contribution in [2.45, 2.75) is 32.6 Å². The molecule has 1 saturated heterocycles. The van der Waals surface area contributed by atoms with Crippen molar-refractivity contribution in [3.63, 3.8) is 0 Å². The van der Waals surface area contributed by atoms with Crippen molar-refractivity contribution in [2.75, 3.05) is 12.0 Å². The zero-order valence-electron chi connectivity index (χ0n) is 22.9. The van der Waals surface area contributed by atoms with Gasteiger partial charge in [-0.2, -0.15) is 0 Å². The molecule has 1 N–H and O–H groups in total. The maximum atomic E-state index is 14.1. The van der Waals surface area contributed by atoms with Gasteiger partial charge in [-0.3, -0.25) is 28.9 Å². The normalized spacial score (nSPS) is 25.1. The number of carbonyl (C=O) groups excluding carboxylic acids is 5. The van der Waals surface area contributed by atoms with Crippen molar-refractivity contribution in [2.24, 2.45) is 17.8 Å². The van der Waals surface area contributed by atoms with Crippen molar-refractivity contribution < 1.29 is 33.8 Å². The van der Waals surface area contributed by atoms with Gasteiger partial charge in [0.05, 0.1) is 29.1 Å². The minimum Gasteiger partial charge on any atom is -0.503 e. The first-order valence-electron chi connectivity index (χ1n) is 13.4. The number of halogens is 2. The highest BCUT2D eigenvalue weighted by molar-refractivity contribution is 9.13. The van der Waals surface area contributed by atoms with Crippen LogP contribution in [0.25, 0.3) is 0 Å². The average molecular weight is 695 g/mol. The van der Waals surface area contributed by atoms with Gasteiger partial charge in [0.25, 0.3) is 0 Å². The molecular formula is C32H25Br2NO7. The molecule has 10 heteroatoms. The summed E-state index contributed by atoms with van der Waals surface area (Å²) in [6, 6.07) is 8.00. The molecule has 6 rings (SSSR count). The fourth-order valence-corrected chi connectivity index (χ4v) is 7.75. The lowest BCUT2D eigenvalue weighted by molar-refractivity contribution is -0.123. The number of phenolic OH excluding ortho intramolecular Hbond substituents is 1. The van der Waals surface area contributed by atoms with Crippen LogP contribution in [0.1, 0.15) is 48.5 Å². The van der Waals surface area contributed by atoms with Crippen LogP contribution in [-0.2, 0) is 19.2 Å². The summed E-state index contributed by atoms with van der Waals surface area (Å²) >= 11 is 6.98. The van der Waals surface area contributed by atoms with Gasteiger partial charge in [-0.1, -0.05) is 11.6 Å². The first-order chi connectivity index (χ1) is 20.0. The highest BCUT2D eigenvalue weighted by Crippen LogP contribution is 2.57. The Labute approximate surface area is 258 Å². The number of allylic oxidation sites excluding steroid dienone is 6. The molecule has 1 aliphatic heterocycles. The van der Waals surface area contributed by atoms with Crippen molar-refractivity contribution >= 4 is 66.7 Å². The quantitative estimate of drug-likeness (QED) is 0.187. The standard InChI is InChI=1S/C32H25Br2NO7/c1-13-10-22(37)20-11-19-17(24(26(20)29(13)38)21-12-23(42-3)30(39)28(34)27(21)33)8-9-18-25(19)32(41)35(31(18)40)16-6-4-15(5-7-16)14(2)36/h4-8,10,12,18-19,24-25,39H,9,11H2,1-3H3. The third kappa shape index (κ3) is 4.10. The third-order valence-corrected chi connectivity index (χ3v) is 11.0. The molecule has 0 saturated carbocycles. The fraction of sp³-hybridized carbons (Fsp3) is 0.281. The SMILES string of the molecule is COc1cc(C2C3=CCC4C(=O)N(c5ccc(C(C)=O)cc5)C(=O)C4C3CC3=C2C(=O)C(C)=CC3=O)c(Br)c(Br)c1O. The summed E-state index contributed by atoms with van der Waals surface area (Å²) in [5.74, 6) is -3.92. The summed E-state index contributed by atoms with van der Waals surface area (Å²) in [7, 11) is 1.42. The maximum Gasteiger partial charge on any atom is 0.238 e. The first-order valence-corrected chi connectivity index (χ1v) is 15.0. The molecule has 2 amide bonds. The smallest absolute Gasteiger partial charge is 0.238 e. The van der Waals surface area contributed by atoms with Crippen LogP contribution in [0.3, 0.4) is 0 Å². The summed E-state index contributed by atoms with van der Waals surface area (Å²) in [6.45, 7) is 3.05. The first kappa shape index (κ1) is 28.5. The van der Waals surface area contributed by atoms with E-state index in [9.17, 15) is 29.1 Å². The Morgan fingerprint density at radius 3 is 2.36 bits per heavy atom. The molecule has 4 atom stereocenters. The molecule has 0 bridgehead atoms. The number of hydrogen-bond donors (Lipinski definition) is 1. The third-order valence-electron chi connectivity index (χ3n) is 8.80. The molecule has 214 valence electrons. The Morgan fingerprint density at radius 2 is 1.71 bits per heavy atom. The second-order valence-electron chi connectivity index (χ2n) is 11.0. The van der Waals surface area contributed by atoms with Crippen molar-refractivity contribution in [3.05, 3.63) is 84.8 Å². The van der Waals surface area contributed by atoms with Crippen LogP contribution in [0, 0.1) is 17.8 Å². The number of methoxy groups -OCH3 is 1. The summed E-state index contributed by atoms with van der Waals surface area (Å²) in [5.41, 5.74) is 3.22. The Bertz CT molecular complexity index is 1730. The lowest BCUT2D eigenvalue weighted by Crippen LogP contribution is -2.40. The molecule has 3 aliphatic carbocycles. The van der Waals surface area contributed by atoms with Gasteiger partial charge in [-0.25, -0.2) is 0 Å². The van der Waals surface area contributed by atoms with Crippen LogP contribution in [0.5, 0.6) is 11.5 Å². The van der Waals surface area contributed by atoms with E-state index in [-0.39, 0.29) is 53.5 Å². The van der Waals surface area contributed by atoms with Gasteiger partial charge in [0.15, 0.2) is 28.8 Å². The number of aromatic hydroxyl groups is 1. The number of carbonyl (C=O) groups is 5. The maximum absolute atomic E-state index is 14.1. The van der Waals surface area contributed by atoms with Gasteiger partial charge < -0.3 is 9.84 Å². The number of ether oxygens (including phenoxy) is 1. The highest BCUT2D eigenvalue weighted by atomic mass is 79.9. The lowest BCUT2D eigenvalue weighted by Gasteiger charge is -2.42. The van der Waals surface area contributed by atoms with Crippen LogP contribution in [-0.4, -0.2) is 41.4 Å². The number of benzene rings is 2. The van der Waals surface area contributed by atoms with Gasteiger partial charge in [-0.15, -0.1) is 0 Å². The van der Waals surface area contributed by atoms with E-state index in [1.54, 1.807) is 37.3 Å². The van der Waals surface area contributed by atoms with E-state index in [1.807, 2.05) is 6.08 Å². The molecular weight excluding hydrogens is 670 g/mol. The minimum absolute atomic E-state index is 0.125. The Morgan fingerprint density at radius 1 is 1.02 bits per heavy atom. The van der Waals surface area contributed by atoms with Crippen LogP contribution in [0.15, 0.2) is 73.7 Å². The van der Waals surface area contributed by atoms with E-state index in [2.05, 4.69) is 31.9 Å². The van der Waals surface area contributed by atoms with E-state index >= 15 is 0 Å². The molecule has 1 heterocycles. The molecule has 42 heavy (non-hydrogen) atoms. The largest absolute Gasteiger partial charge is 0.503 e. The van der Waals surface area contributed by atoms with Gasteiger partial charge in [0.1, 0.15) is 0 Å². The average Bonchev–Trinajstić information content (AvgIpc) is 3.23. The number of ketones is 3. The van der Waals surface area contributed by atoms with E-state index in [1.165, 1.54) is 25.0 Å². The van der Waals surface area contributed by atoms with E-state index in [4.69, 9.17) is 4.74 Å². The van der Waals surface area contributed by atoms with Crippen molar-refractivity contribution in [1.82, 2.24) is 0 Å². The predicted molar refractivity (Wildman–Crippen MR) is 160 cm³/mol. The molecule has 0 radical (unpaired) electrons. The van der Waals surface area contributed by atoms with E-state index < -0.39 is 23.7 Å². The summed E-state index contributed by atoms with van der Waals surface area (Å²) < 4.78 is 6.22. The molecule has 0 spiro atoms. The van der Waals surface area contributed by atoms with Gasteiger partial charge in [0.2, 0.25) is 11.8 Å². The van der Waals surface area contributed by atoms with E-state index in [0.717, 1.165) is 5.57 Å². The van der Waals surface area contributed by atoms with Crippen LogP contribution >= 0.6 is 31.9 Å². The highest BCUT2D eigenvalue weighted by Gasteiger charge is 2.57. The lowest BCUT2D eigenvalue weighted by atomic mass is 9.59. The van der Waals surface area contributed by atoms with Crippen LogP contribution in [0.4, 0.5) is 5.69 Å². The molecule has 2 aromatic rings.